The first-order chi connectivity index (χ1) is 10.3. The van der Waals surface area contributed by atoms with Gasteiger partial charge in [-0.15, -0.1) is 0 Å². The number of halogens is 1. The Morgan fingerprint density at radius 1 is 1.10 bits per heavy atom. The van der Waals surface area contributed by atoms with Crippen LogP contribution in [-0.4, -0.2) is 10.1 Å². The summed E-state index contributed by atoms with van der Waals surface area (Å²) in [6.07, 6.45) is 8.74. The zero-order chi connectivity index (χ0) is 14.7. The molecule has 1 aromatic carbocycles. The Balaban J connectivity index is 1.83. The molecule has 0 saturated heterocycles. The highest BCUT2D eigenvalue weighted by Gasteiger charge is 2.21. The summed E-state index contributed by atoms with van der Waals surface area (Å²) in [6, 6.07) is 5.46. The van der Waals surface area contributed by atoms with Crippen molar-refractivity contribution in [1.82, 2.24) is 10.1 Å². The molecule has 0 radical (unpaired) electrons. The predicted molar refractivity (Wildman–Crippen MR) is 84.2 cm³/mol. The van der Waals surface area contributed by atoms with Gasteiger partial charge in [-0.3, -0.25) is 0 Å². The Morgan fingerprint density at radius 2 is 1.81 bits per heavy atom. The molecule has 4 nitrogen and oxygen atoms in total. The molecule has 0 spiro atoms. The van der Waals surface area contributed by atoms with Gasteiger partial charge < -0.3 is 10.3 Å². The molecule has 1 heterocycles. The number of nitrogens with zero attached hydrogens (tertiary/aromatic N) is 2. The molecule has 1 aliphatic rings. The van der Waals surface area contributed by atoms with Crippen molar-refractivity contribution < 1.29 is 4.52 Å². The number of para-hydroxylation sites is 1. The molecule has 0 aliphatic heterocycles. The smallest absolute Gasteiger partial charge is 0.260 e. The highest BCUT2D eigenvalue weighted by Crippen LogP contribution is 2.33. The Kier molecular flexibility index (Phi) is 4.44. The summed E-state index contributed by atoms with van der Waals surface area (Å²) in [6.45, 7) is 0. The van der Waals surface area contributed by atoms with E-state index >= 15 is 0 Å². The molecule has 21 heavy (non-hydrogen) atoms. The van der Waals surface area contributed by atoms with Crippen molar-refractivity contribution in [2.75, 3.05) is 5.73 Å². The molecule has 5 heteroatoms. The zero-order valence-corrected chi connectivity index (χ0v) is 12.8. The number of hydrogen-bond donors (Lipinski definition) is 1. The molecule has 3 rings (SSSR count). The number of hydrogen-bond acceptors (Lipinski definition) is 4. The third-order valence-electron chi connectivity index (χ3n) is 4.20. The van der Waals surface area contributed by atoms with Crippen LogP contribution in [0.4, 0.5) is 5.69 Å². The SMILES string of the molecule is Nc1c(Cl)cccc1-c1nc(C2CCCCCCC2)no1. The van der Waals surface area contributed by atoms with Crippen molar-refractivity contribution in [1.29, 1.82) is 0 Å². The van der Waals surface area contributed by atoms with Gasteiger partial charge in [-0.1, -0.05) is 54.9 Å². The third kappa shape index (κ3) is 3.21. The summed E-state index contributed by atoms with van der Waals surface area (Å²) in [5.74, 6) is 1.68. The second-order valence-electron chi connectivity index (χ2n) is 5.70. The molecule has 112 valence electrons. The minimum atomic E-state index is 0.406. The van der Waals surface area contributed by atoms with Crippen LogP contribution in [0.5, 0.6) is 0 Å². The van der Waals surface area contributed by atoms with Crippen molar-refractivity contribution in [2.24, 2.45) is 0 Å². The van der Waals surface area contributed by atoms with E-state index in [-0.39, 0.29) is 0 Å². The molecule has 0 atom stereocenters. The van der Waals surface area contributed by atoms with Gasteiger partial charge in [-0.25, -0.2) is 0 Å². The van der Waals surface area contributed by atoms with E-state index in [0.717, 1.165) is 18.7 Å². The Bertz CT molecular complexity index is 603. The van der Waals surface area contributed by atoms with Gasteiger partial charge in [-0.05, 0) is 25.0 Å². The zero-order valence-electron chi connectivity index (χ0n) is 12.0. The first-order valence-electron chi connectivity index (χ1n) is 7.63. The van der Waals surface area contributed by atoms with Crippen LogP contribution in [0.3, 0.4) is 0 Å². The van der Waals surface area contributed by atoms with Gasteiger partial charge in [0.1, 0.15) is 0 Å². The molecule has 2 aromatic rings. The molecule has 0 bridgehead atoms. The fourth-order valence-electron chi connectivity index (χ4n) is 2.95. The van der Waals surface area contributed by atoms with E-state index < -0.39 is 0 Å². The second-order valence-corrected chi connectivity index (χ2v) is 6.11. The molecule has 0 unspecified atom stereocenters. The average Bonchev–Trinajstić information content (AvgIpc) is 2.91. The van der Waals surface area contributed by atoms with Crippen LogP contribution in [0.15, 0.2) is 22.7 Å². The molecule has 1 fully saturated rings. The fraction of sp³-hybridized carbons (Fsp3) is 0.500. The molecule has 1 saturated carbocycles. The summed E-state index contributed by atoms with van der Waals surface area (Å²) in [7, 11) is 0. The molecular weight excluding hydrogens is 286 g/mol. The highest BCUT2D eigenvalue weighted by molar-refractivity contribution is 6.33. The number of nitrogens with two attached hydrogens (primary N) is 1. The molecule has 1 aromatic heterocycles. The predicted octanol–water partition coefficient (Wildman–Crippen LogP) is 4.80. The van der Waals surface area contributed by atoms with Gasteiger partial charge in [0.05, 0.1) is 16.3 Å². The van der Waals surface area contributed by atoms with Crippen molar-refractivity contribution >= 4 is 17.3 Å². The topological polar surface area (TPSA) is 64.9 Å². The van der Waals surface area contributed by atoms with E-state index in [1.54, 1.807) is 6.07 Å². The maximum absolute atomic E-state index is 6.04. The lowest BCUT2D eigenvalue weighted by molar-refractivity contribution is 0.393. The normalized spacial score (nSPS) is 17.4. The Morgan fingerprint density at radius 3 is 2.57 bits per heavy atom. The van der Waals surface area contributed by atoms with Crippen LogP contribution in [-0.2, 0) is 0 Å². The average molecular weight is 306 g/mol. The lowest BCUT2D eigenvalue weighted by Crippen LogP contribution is -2.04. The van der Waals surface area contributed by atoms with Crippen LogP contribution in [0.1, 0.15) is 56.7 Å². The molecular formula is C16H20ClN3O. The van der Waals surface area contributed by atoms with Crippen LogP contribution < -0.4 is 5.73 Å². The lowest BCUT2D eigenvalue weighted by atomic mass is 9.91. The van der Waals surface area contributed by atoms with Gasteiger partial charge in [-0.2, -0.15) is 4.98 Å². The maximum atomic E-state index is 6.04. The van der Waals surface area contributed by atoms with Crippen molar-refractivity contribution in [2.45, 2.75) is 50.9 Å². The van der Waals surface area contributed by atoms with Crippen LogP contribution in [0.25, 0.3) is 11.5 Å². The molecule has 0 amide bonds. The fourth-order valence-corrected chi connectivity index (χ4v) is 3.12. The van der Waals surface area contributed by atoms with Gasteiger partial charge in [0, 0.05) is 5.92 Å². The minimum Gasteiger partial charge on any atom is -0.397 e. The summed E-state index contributed by atoms with van der Waals surface area (Å²) < 4.78 is 5.41. The lowest BCUT2D eigenvalue weighted by Gasteiger charge is -2.15. The van der Waals surface area contributed by atoms with E-state index in [0.29, 0.717) is 28.1 Å². The summed E-state index contributed by atoms with van der Waals surface area (Å²) in [5.41, 5.74) is 7.20. The number of aromatic nitrogens is 2. The minimum absolute atomic E-state index is 0.406. The van der Waals surface area contributed by atoms with Crippen molar-refractivity contribution in [3.63, 3.8) is 0 Å². The van der Waals surface area contributed by atoms with Crippen LogP contribution in [0, 0.1) is 0 Å². The van der Waals surface area contributed by atoms with Crippen LogP contribution >= 0.6 is 11.6 Å². The van der Waals surface area contributed by atoms with E-state index in [4.69, 9.17) is 21.9 Å². The summed E-state index contributed by atoms with van der Waals surface area (Å²) in [4.78, 5) is 4.56. The van der Waals surface area contributed by atoms with Crippen LogP contribution in [0.2, 0.25) is 5.02 Å². The number of anilines is 1. The summed E-state index contributed by atoms with van der Waals surface area (Å²) >= 11 is 6.04. The second kappa shape index (κ2) is 6.48. The molecule has 2 N–H and O–H groups in total. The Hall–Kier alpha value is -1.55. The van der Waals surface area contributed by atoms with Crippen molar-refractivity contribution in [3.05, 3.63) is 29.0 Å². The van der Waals surface area contributed by atoms with Gasteiger partial charge >= 0.3 is 0 Å². The number of nitrogen functional groups attached to an aromatic ring is 1. The maximum Gasteiger partial charge on any atom is 0.260 e. The number of rotatable bonds is 2. The Labute approximate surface area is 129 Å². The number of benzene rings is 1. The van der Waals surface area contributed by atoms with Gasteiger partial charge in [0.15, 0.2) is 5.82 Å². The van der Waals surface area contributed by atoms with E-state index in [9.17, 15) is 0 Å². The quantitative estimate of drug-likeness (QED) is 0.809. The van der Waals surface area contributed by atoms with Crippen molar-refractivity contribution in [3.8, 4) is 11.5 Å². The highest BCUT2D eigenvalue weighted by atomic mass is 35.5. The third-order valence-corrected chi connectivity index (χ3v) is 4.52. The molecule has 1 aliphatic carbocycles. The summed E-state index contributed by atoms with van der Waals surface area (Å²) in [5, 5.41) is 4.69. The van der Waals surface area contributed by atoms with E-state index in [1.165, 1.54) is 32.1 Å². The monoisotopic (exact) mass is 305 g/mol. The van der Waals surface area contributed by atoms with E-state index in [1.807, 2.05) is 12.1 Å². The van der Waals surface area contributed by atoms with Gasteiger partial charge in [0.25, 0.3) is 5.89 Å². The first-order valence-corrected chi connectivity index (χ1v) is 8.01. The standard InChI is InChI=1S/C16H20ClN3O/c17-13-10-6-9-12(14(13)18)16-19-15(20-21-16)11-7-4-2-1-3-5-8-11/h6,9-11H,1-5,7-8,18H2. The largest absolute Gasteiger partial charge is 0.397 e. The van der Waals surface area contributed by atoms with Gasteiger partial charge in [0.2, 0.25) is 0 Å². The first kappa shape index (κ1) is 14.4. The van der Waals surface area contributed by atoms with E-state index in [2.05, 4.69) is 10.1 Å².